The summed E-state index contributed by atoms with van der Waals surface area (Å²) in [6.07, 6.45) is 2.12. The van der Waals surface area contributed by atoms with Crippen molar-refractivity contribution in [2.45, 2.75) is 39.7 Å². The molecule has 1 saturated heterocycles. The Morgan fingerprint density at radius 1 is 1.19 bits per heavy atom. The summed E-state index contributed by atoms with van der Waals surface area (Å²) < 4.78 is 26.0. The predicted molar refractivity (Wildman–Crippen MR) is 101 cm³/mol. The fraction of sp³-hybridized carbons (Fsp3) is 0.556. The summed E-state index contributed by atoms with van der Waals surface area (Å²) in [5.74, 6) is -0.838. The van der Waals surface area contributed by atoms with Crippen LogP contribution in [0.15, 0.2) is 18.2 Å². The van der Waals surface area contributed by atoms with Crippen molar-refractivity contribution in [1.82, 2.24) is 4.90 Å². The maximum Gasteiger partial charge on any atom is 0.246 e. The van der Waals surface area contributed by atoms with Gasteiger partial charge in [-0.05, 0) is 56.9 Å². The third kappa shape index (κ3) is 4.35. The third-order valence-electron chi connectivity index (χ3n) is 5.02. The van der Waals surface area contributed by atoms with Crippen molar-refractivity contribution in [2.24, 2.45) is 11.7 Å². The number of aryl methyl sites for hydroxylation is 2. The fourth-order valence-corrected chi connectivity index (χ4v) is 4.48. The van der Waals surface area contributed by atoms with E-state index in [1.807, 2.05) is 19.9 Å². The second kappa shape index (κ2) is 7.65. The minimum Gasteiger partial charge on any atom is -0.369 e. The second-order valence-electron chi connectivity index (χ2n) is 7.01. The van der Waals surface area contributed by atoms with Gasteiger partial charge in [-0.15, -0.1) is 0 Å². The summed E-state index contributed by atoms with van der Waals surface area (Å²) in [6.45, 7) is 6.25. The van der Waals surface area contributed by atoms with E-state index in [-0.39, 0.29) is 17.7 Å². The molecule has 2 rings (SSSR count). The van der Waals surface area contributed by atoms with Gasteiger partial charge < -0.3 is 10.6 Å². The maximum atomic E-state index is 12.9. The van der Waals surface area contributed by atoms with Crippen LogP contribution in [0.5, 0.6) is 0 Å². The number of hydrogen-bond donors (Lipinski definition) is 1. The Bertz CT molecular complexity index is 799. The van der Waals surface area contributed by atoms with Gasteiger partial charge in [0.2, 0.25) is 21.8 Å². The number of nitrogens with two attached hydrogens (primary N) is 1. The number of likely N-dealkylation sites (tertiary alicyclic amines) is 1. The highest BCUT2D eigenvalue weighted by Crippen LogP contribution is 2.25. The molecule has 26 heavy (non-hydrogen) atoms. The lowest BCUT2D eigenvalue weighted by Gasteiger charge is -2.36. The number of carbonyl (C=O) groups excluding carboxylic acids is 2. The molecule has 2 N–H and O–H groups in total. The number of primary amides is 1. The zero-order chi connectivity index (χ0) is 19.6. The Kier molecular flexibility index (Phi) is 5.95. The molecule has 8 heteroatoms. The van der Waals surface area contributed by atoms with Crippen LogP contribution < -0.4 is 10.0 Å². The molecule has 1 aromatic carbocycles. The number of hydrogen-bond acceptors (Lipinski definition) is 4. The summed E-state index contributed by atoms with van der Waals surface area (Å²) in [7, 11) is -3.64. The molecule has 0 spiro atoms. The second-order valence-corrected chi connectivity index (χ2v) is 8.86. The molecule has 1 atom stereocenters. The van der Waals surface area contributed by atoms with Gasteiger partial charge in [-0.2, -0.15) is 0 Å². The van der Waals surface area contributed by atoms with Gasteiger partial charge in [0.25, 0.3) is 0 Å². The van der Waals surface area contributed by atoms with Crippen molar-refractivity contribution in [2.75, 3.05) is 23.7 Å². The number of carbonyl (C=O) groups is 2. The molecule has 0 radical (unpaired) electrons. The van der Waals surface area contributed by atoms with Crippen LogP contribution in [0.1, 0.15) is 30.9 Å². The highest BCUT2D eigenvalue weighted by Gasteiger charge is 2.34. The van der Waals surface area contributed by atoms with Crippen LogP contribution in [0.3, 0.4) is 0 Å². The molecule has 0 saturated carbocycles. The molecule has 1 aliphatic rings. The Balaban J connectivity index is 2.24. The number of amides is 2. The van der Waals surface area contributed by atoms with Gasteiger partial charge in [0, 0.05) is 19.0 Å². The average Bonchev–Trinajstić information content (AvgIpc) is 2.56. The maximum absolute atomic E-state index is 12.9. The molecule has 7 nitrogen and oxygen atoms in total. The van der Waals surface area contributed by atoms with Crippen molar-refractivity contribution in [3.8, 4) is 0 Å². The first-order chi connectivity index (χ1) is 12.0. The van der Waals surface area contributed by atoms with E-state index in [0.29, 0.717) is 31.6 Å². The molecule has 0 bridgehead atoms. The number of benzene rings is 1. The van der Waals surface area contributed by atoms with E-state index in [0.717, 1.165) is 17.4 Å². The summed E-state index contributed by atoms with van der Waals surface area (Å²) >= 11 is 0. The largest absolute Gasteiger partial charge is 0.369 e. The molecule has 0 aromatic heterocycles. The minimum absolute atomic E-state index is 0.222. The van der Waals surface area contributed by atoms with E-state index in [1.165, 1.54) is 4.31 Å². The number of nitrogens with zero attached hydrogens (tertiary/aromatic N) is 2. The quantitative estimate of drug-likeness (QED) is 0.827. The van der Waals surface area contributed by atoms with Crippen molar-refractivity contribution < 1.29 is 18.0 Å². The smallest absolute Gasteiger partial charge is 0.246 e. The summed E-state index contributed by atoms with van der Waals surface area (Å²) in [5.41, 5.74) is 7.81. The van der Waals surface area contributed by atoms with Crippen LogP contribution >= 0.6 is 0 Å². The van der Waals surface area contributed by atoms with Crippen molar-refractivity contribution >= 4 is 27.5 Å². The zero-order valence-electron chi connectivity index (χ0n) is 15.7. The van der Waals surface area contributed by atoms with E-state index in [9.17, 15) is 18.0 Å². The number of piperidine rings is 1. The van der Waals surface area contributed by atoms with Crippen LogP contribution in [-0.2, 0) is 19.6 Å². The standard InChI is InChI=1S/C18H27N3O4S/c1-12-5-6-16(11-13(12)2)21(26(4,24)25)14(3)18(23)20-9-7-15(8-10-20)17(19)22/h5-6,11,14-15H,7-10H2,1-4H3,(H2,19,22). The van der Waals surface area contributed by atoms with Gasteiger partial charge in [0.1, 0.15) is 6.04 Å². The molecule has 1 fully saturated rings. The van der Waals surface area contributed by atoms with Gasteiger partial charge >= 0.3 is 0 Å². The molecule has 144 valence electrons. The van der Waals surface area contributed by atoms with Gasteiger partial charge in [-0.3, -0.25) is 13.9 Å². The van der Waals surface area contributed by atoms with Crippen LogP contribution in [0.25, 0.3) is 0 Å². The van der Waals surface area contributed by atoms with Crippen LogP contribution in [-0.4, -0.2) is 50.5 Å². The first kappa shape index (κ1) is 20.2. The predicted octanol–water partition coefficient (Wildman–Crippen LogP) is 1.18. The Hall–Kier alpha value is -2.09. The van der Waals surface area contributed by atoms with Crippen molar-refractivity contribution in [3.05, 3.63) is 29.3 Å². The Morgan fingerprint density at radius 2 is 1.77 bits per heavy atom. The topological polar surface area (TPSA) is 101 Å². The molecule has 1 aliphatic heterocycles. The SMILES string of the molecule is Cc1ccc(N(C(C)C(=O)N2CCC(C(N)=O)CC2)S(C)(=O)=O)cc1C. The fourth-order valence-electron chi connectivity index (χ4n) is 3.31. The normalized spacial score (nSPS) is 17.0. The number of sulfonamides is 1. The summed E-state index contributed by atoms with van der Waals surface area (Å²) in [4.78, 5) is 25.8. The van der Waals surface area contributed by atoms with E-state index in [2.05, 4.69) is 0 Å². The molecule has 2 amide bonds. The summed E-state index contributed by atoms with van der Waals surface area (Å²) in [6, 6.07) is 4.47. The molecule has 1 unspecified atom stereocenters. The molecule has 1 heterocycles. The third-order valence-corrected chi connectivity index (χ3v) is 6.26. The summed E-state index contributed by atoms with van der Waals surface area (Å²) in [5, 5.41) is 0. The van der Waals surface area contributed by atoms with Gasteiger partial charge in [-0.25, -0.2) is 8.42 Å². The monoisotopic (exact) mass is 381 g/mol. The van der Waals surface area contributed by atoms with Gasteiger partial charge in [0.05, 0.1) is 11.9 Å². The van der Waals surface area contributed by atoms with E-state index in [1.54, 1.807) is 24.0 Å². The molecular formula is C18H27N3O4S. The lowest BCUT2D eigenvalue weighted by atomic mass is 9.96. The van der Waals surface area contributed by atoms with Crippen molar-refractivity contribution in [3.63, 3.8) is 0 Å². The van der Waals surface area contributed by atoms with E-state index in [4.69, 9.17) is 5.73 Å². The number of anilines is 1. The van der Waals surface area contributed by atoms with Crippen LogP contribution in [0.2, 0.25) is 0 Å². The number of rotatable bonds is 5. The van der Waals surface area contributed by atoms with Crippen LogP contribution in [0, 0.1) is 19.8 Å². The highest BCUT2D eigenvalue weighted by molar-refractivity contribution is 7.92. The lowest BCUT2D eigenvalue weighted by molar-refractivity contribution is -0.135. The minimum atomic E-state index is -3.64. The Labute approximate surface area is 155 Å². The molecule has 0 aliphatic carbocycles. The van der Waals surface area contributed by atoms with E-state index < -0.39 is 16.1 Å². The zero-order valence-corrected chi connectivity index (χ0v) is 16.5. The Morgan fingerprint density at radius 3 is 2.23 bits per heavy atom. The molecular weight excluding hydrogens is 354 g/mol. The van der Waals surface area contributed by atoms with Crippen LogP contribution in [0.4, 0.5) is 5.69 Å². The first-order valence-corrected chi connectivity index (χ1v) is 10.5. The average molecular weight is 381 g/mol. The lowest BCUT2D eigenvalue weighted by Crippen LogP contribution is -2.52. The first-order valence-electron chi connectivity index (χ1n) is 8.67. The van der Waals surface area contributed by atoms with Gasteiger partial charge in [0.15, 0.2) is 0 Å². The van der Waals surface area contributed by atoms with Gasteiger partial charge in [-0.1, -0.05) is 6.07 Å². The molecule has 1 aromatic rings. The van der Waals surface area contributed by atoms with Crippen molar-refractivity contribution in [1.29, 1.82) is 0 Å². The van der Waals surface area contributed by atoms with E-state index >= 15 is 0 Å². The highest BCUT2D eigenvalue weighted by atomic mass is 32.2.